The van der Waals surface area contributed by atoms with Gasteiger partial charge in [-0.3, -0.25) is 4.79 Å². The zero-order chi connectivity index (χ0) is 14.4. The molecule has 1 aromatic heterocycles. The van der Waals surface area contributed by atoms with Gasteiger partial charge in [-0.1, -0.05) is 32.6 Å². The largest absolute Gasteiger partial charge is 0.370 e. The third kappa shape index (κ3) is 3.29. The highest BCUT2D eigenvalue weighted by atomic mass is 16.5. The first kappa shape index (κ1) is 15.2. The van der Waals surface area contributed by atoms with Crippen LogP contribution in [0.25, 0.3) is 0 Å². The molecule has 20 heavy (non-hydrogen) atoms. The third-order valence-corrected chi connectivity index (χ3v) is 4.40. The Bertz CT molecular complexity index is 431. The van der Waals surface area contributed by atoms with E-state index in [1.807, 2.05) is 6.20 Å². The van der Waals surface area contributed by atoms with Crippen molar-refractivity contribution in [1.82, 2.24) is 9.55 Å². The van der Waals surface area contributed by atoms with Crippen molar-refractivity contribution in [2.45, 2.75) is 70.4 Å². The summed E-state index contributed by atoms with van der Waals surface area (Å²) in [6, 6.07) is 0. The van der Waals surface area contributed by atoms with Crippen molar-refractivity contribution in [3.8, 4) is 0 Å². The number of rotatable bonds is 6. The first-order valence-electron chi connectivity index (χ1n) is 7.80. The van der Waals surface area contributed by atoms with Crippen LogP contribution in [0.3, 0.4) is 0 Å². The molecule has 1 aliphatic carbocycles. The summed E-state index contributed by atoms with van der Waals surface area (Å²) in [5.74, 6) is 1.07. The van der Waals surface area contributed by atoms with Crippen LogP contribution in [0.15, 0.2) is 12.4 Å². The Morgan fingerprint density at radius 2 is 2.05 bits per heavy atom. The molecule has 0 bridgehead atoms. The Hall–Kier alpha value is -1.16. The lowest BCUT2D eigenvalue weighted by atomic mass is 9.87. The van der Waals surface area contributed by atoms with Gasteiger partial charge in [0.1, 0.15) is 11.4 Å². The average Bonchev–Trinajstić information content (AvgIpc) is 2.75. The van der Waals surface area contributed by atoms with E-state index in [0.29, 0.717) is 6.42 Å². The summed E-state index contributed by atoms with van der Waals surface area (Å²) in [6.07, 6.45) is 11.5. The van der Waals surface area contributed by atoms with Gasteiger partial charge in [0, 0.05) is 26.0 Å². The van der Waals surface area contributed by atoms with Gasteiger partial charge in [0.05, 0.1) is 6.42 Å². The van der Waals surface area contributed by atoms with Crippen LogP contribution in [0.4, 0.5) is 0 Å². The van der Waals surface area contributed by atoms with E-state index in [9.17, 15) is 4.79 Å². The lowest BCUT2D eigenvalue weighted by molar-refractivity contribution is -0.142. The van der Waals surface area contributed by atoms with Crippen molar-refractivity contribution < 1.29 is 9.53 Å². The summed E-state index contributed by atoms with van der Waals surface area (Å²) in [5.41, 5.74) is -0.570. The highest BCUT2D eigenvalue weighted by Crippen LogP contribution is 2.31. The summed E-state index contributed by atoms with van der Waals surface area (Å²) >= 11 is 0. The molecule has 1 saturated carbocycles. The number of hydrogen-bond donors (Lipinski definition) is 0. The molecule has 0 spiro atoms. The Balaban J connectivity index is 2.10. The molecule has 1 aliphatic rings. The number of imidazole rings is 1. The van der Waals surface area contributed by atoms with E-state index in [4.69, 9.17) is 4.74 Å². The van der Waals surface area contributed by atoms with Gasteiger partial charge in [-0.25, -0.2) is 4.98 Å². The van der Waals surface area contributed by atoms with Crippen LogP contribution in [0.2, 0.25) is 0 Å². The minimum absolute atomic E-state index is 0.199. The topological polar surface area (TPSA) is 44.1 Å². The lowest BCUT2D eigenvalue weighted by Gasteiger charge is -2.29. The van der Waals surface area contributed by atoms with Gasteiger partial charge in [0.15, 0.2) is 5.78 Å². The summed E-state index contributed by atoms with van der Waals surface area (Å²) < 4.78 is 7.76. The second-order valence-electron chi connectivity index (χ2n) is 5.75. The standard InChI is InChI=1S/C16H26N2O2/c1-3-11-18-12-10-17-15(18)13-14(19)16(20-2)8-6-4-5-7-9-16/h10,12H,3-9,11,13H2,1-2H3. The molecular formula is C16H26N2O2. The highest BCUT2D eigenvalue weighted by Gasteiger charge is 2.38. The van der Waals surface area contributed by atoms with E-state index >= 15 is 0 Å². The summed E-state index contributed by atoms with van der Waals surface area (Å²) in [5, 5.41) is 0. The fourth-order valence-electron chi connectivity index (χ4n) is 3.15. The van der Waals surface area contributed by atoms with E-state index in [0.717, 1.165) is 44.5 Å². The maximum absolute atomic E-state index is 12.7. The summed E-state index contributed by atoms with van der Waals surface area (Å²) in [7, 11) is 1.68. The molecule has 1 heterocycles. The SMILES string of the molecule is CCCn1ccnc1CC(=O)C1(OC)CCCCCC1. The van der Waals surface area contributed by atoms with Gasteiger partial charge in [-0.15, -0.1) is 0 Å². The predicted molar refractivity (Wildman–Crippen MR) is 78.7 cm³/mol. The quantitative estimate of drug-likeness (QED) is 0.751. The predicted octanol–water partition coefficient (Wildman–Crippen LogP) is 3.14. The van der Waals surface area contributed by atoms with Crippen molar-refractivity contribution >= 4 is 5.78 Å². The third-order valence-electron chi connectivity index (χ3n) is 4.40. The molecule has 0 aliphatic heterocycles. The lowest BCUT2D eigenvalue weighted by Crippen LogP contribution is -2.41. The van der Waals surface area contributed by atoms with Crippen molar-refractivity contribution in [3.63, 3.8) is 0 Å². The van der Waals surface area contributed by atoms with Crippen LogP contribution in [-0.4, -0.2) is 28.0 Å². The zero-order valence-corrected chi connectivity index (χ0v) is 12.7. The fourth-order valence-corrected chi connectivity index (χ4v) is 3.15. The van der Waals surface area contributed by atoms with Crippen LogP contribution in [-0.2, 0) is 22.5 Å². The number of carbonyl (C=O) groups excluding carboxylic acids is 1. The summed E-state index contributed by atoms with van der Waals surface area (Å²) in [4.78, 5) is 17.1. The van der Waals surface area contributed by atoms with Gasteiger partial charge < -0.3 is 9.30 Å². The van der Waals surface area contributed by atoms with Crippen LogP contribution >= 0.6 is 0 Å². The highest BCUT2D eigenvalue weighted by molar-refractivity contribution is 5.88. The number of Topliss-reactive ketones (excluding diaryl/α,β-unsaturated/α-hetero) is 1. The number of aromatic nitrogens is 2. The molecule has 0 radical (unpaired) electrons. The van der Waals surface area contributed by atoms with Crippen LogP contribution in [0.5, 0.6) is 0 Å². The first-order valence-corrected chi connectivity index (χ1v) is 7.80. The second kappa shape index (κ2) is 7.02. The number of ether oxygens (including phenoxy) is 1. The van der Waals surface area contributed by atoms with Gasteiger partial charge in [0.25, 0.3) is 0 Å². The minimum atomic E-state index is -0.570. The summed E-state index contributed by atoms with van der Waals surface area (Å²) in [6.45, 7) is 3.05. The number of hydrogen-bond acceptors (Lipinski definition) is 3. The molecule has 4 nitrogen and oxygen atoms in total. The van der Waals surface area contributed by atoms with E-state index in [1.54, 1.807) is 13.3 Å². The Labute approximate surface area is 121 Å². The van der Waals surface area contributed by atoms with Gasteiger partial charge in [-0.05, 0) is 19.3 Å². The van der Waals surface area contributed by atoms with Crippen molar-refractivity contribution in [1.29, 1.82) is 0 Å². The number of carbonyl (C=O) groups is 1. The smallest absolute Gasteiger partial charge is 0.172 e. The molecule has 2 rings (SSSR count). The van der Waals surface area contributed by atoms with Gasteiger partial charge >= 0.3 is 0 Å². The zero-order valence-electron chi connectivity index (χ0n) is 12.7. The molecule has 112 valence electrons. The Morgan fingerprint density at radius 1 is 1.35 bits per heavy atom. The van der Waals surface area contributed by atoms with Gasteiger partial charge in [0.2, 0.25) is 0 Å². The monoisotopic (exact) mass is 278 g/mol. The molecule has 1 aromatic rings. The average molecular weight is 278 g/mol. The van der Waals surface area contributed by atoms with Crippen molar-refractivity contribution in [2.24, 2.45) is 0 Å². The van der Waals surface area contributed by atoms with Gasteiger partial charge in [-0.2, -0.15) is 0 Å². The molecule has 0 atom stereocenters. The van der Waals surface area contributed by atoms with E-state index < -0.39 is 5.60 Å². The number of aryl methyl sites for hydroxylation is 1. The number of ketones is 1. The molecule has 0 N–H and O–H groups in total. The van der Waals surface area contributed by atoms with Crippen LogP contribution < -0.4 is 0 Å². The second-order valence-corrected chi connectivity index (χ2v) is 5.75. The van der Waals surface area contributed by atoms with Crippen molar-refractivity contribution in [2.75, 3.05) is 7.11 Å². The molecule has 0 saturated heterocycles. The molecular weight excluding hydrogens is 252 g/mol. The van der Waals surface area contributed by atoms with Crippen LogP contribution in [0.1, 0.15) is 57.7 Å². The molecule has 0 amide bonds. The minimum Gasteiger partial charge on any atom is -0.370 e. The maximum Gasteiger partial charge on any atom is 0.172 e. The molecule has 4 heteroatoms. The molecule has 0 unspecified atom stereocenters. The normalized spacial score (nSPS) is 18.7. The maximum atomic E-state index is 12.7. The fraction of sp³-hybridized carbons (Fsp3) is 0.750. The van der Waals surface area contributed by atoms with E-state index in [-0.39, 0.29) is 5.78 Å². The Kier molecular flexibility index (Phi) is 5.35. The number of nitrogens with zero attached hydrogens (tertiary/aromatic N) is 2. The Morgan fingerprint density at radius 3 is 2.65 bits per heavy atom. The first-order chi connectivity index (χ1) is 9.72. The van der Waals surface area contributed by atoms with E-state index in [1.165, 1.54) is 12.8 Å². The molecule has 0 aromatic carbocycles. The van der Waals surface area contributed by atoms with Crippen molar-refractivity contribution in [3.05, 3.63) is 18.2 Å². The number of methoxy groups -OCH3 is 1. The van der Waals surface area contributed by atoms with E-state index in [2.05, 4.69) is 16.5 Å². The van der Waals surface area contributed by atoms with Crippen LogP contribution in [0, 0.1) is 0 Å². The molecule has 1 fully saturated rings.